The van der Waals surface area contributed by atoms with Crippen LogP contribution in [0.5, 0.6) is 5.75 Å². The average molecular weight is 480 g/mol. The molecule has 1 aliphatic rings. The van der Waals surface area contributed by atoms with Gasteiger partial charge in [-0.05, 0) is 48.7 Å². The molecular weight excluding hydrogens is 450 g/mol. The Kier molecular flexibility index (Phi) is 7.59. The van der Waals surface area contributed by atoms with Gasteiger partial charge in [-0.25, -0.2) is 8.42 Å². The number of rotatable bonds is 6. The van der Waals surface area contributed by atoms with Crippen molar-refractivity contribution in [2.24, 2.45) is 4.99 Å². The van der Waals surface area contributed by atoms with E-state index in [2.05, 4.69) is 4.99 Å². The van der Waals surface area contributed by atoms with E-state index in [9.17, 15) is 13.2 Å². The largest absolute Gasteiger partial charge is 0.495 e. The maximum atomic E-state index is 13.4. The molecule has 0 unspecified atom stereocenters. The van der Waals surface area contributed by atoms with Crippen LogP contribution in [0.4, 0.5) is 0 Å². The lowest BCUT2D eigenvalue weighted by Gasteiger charge is -2.21. The summed E-state index contributed by atoms with van der Waals surface area (Å²) in [6.45, 7) is 1.50. The third-order valence-corrected chi connectivity index (χ3v) is 7.84. The zero-order chi connectivity index (χ0) is 24.0. The number of carbonyl (C=O) groups excluding carboxylic acids is 1. The van der Waals surface area contributed by atoms with E-state index < -0.39 is 15.9 Å². The van der Waals surface area contributed by atoms with Crippen LogP contribution in [0.15, 0.2) is 82.8 Å². The van der Waals surface area contributed by atoms with Gasteiger partial charge in [0.05, 0.1) is 7.11 Å². The van der Waals surface area contributed by atoms with E-state index in [1.165, 1.54) is 23.5 Å². The average Bonchev–Trinajstić information content (AvgIpc) is 3.16. The highest BCUT2D eigenvalue weighted by molar-refractivity contribution is 7.89. The zero-order valence-corrected chi connectivity index (χ0v) is 20.1. The predicted octanol–water partition coefficient (Wildman–Crippen LogP) is 3.85. The summed E-state index contributed by atoms with van der Waals surface area (Å²) in [6, 6.07) is 19.8. The number of carbonyl (C=O) groups is 1. The quantitative estimate of drug-likeness (QED) is 0.538. The summed E-state index contributed by atoms with van der Waals surface area (Å²) in [5.41, 5.74) is 1.77. The maximum absolute atomic E-state index is 13.4. The summed E-state index contributed by atoms with van der Waals surface area (Å²) in [4.78, 5) is 17.4. The van der Waals surface area contributed by atoms with Crippen LogP contribution in [-0.4, -0.2) is 43.4 Å². The number of hydrogen-bond donors (Lipinski definition) is 0. The number of sulfonamides is 1. The highest BCUT2D eigenvalue weighted by Gasteiger charge is 2.29. The molecule has 8 heteroatoms. The van der Waals surface area contributed by atoms with E-state index in [-0.39, 0.29) is 16.2 Å². The Hall–Kier alpha value is -3.23. The molecule has 0 bridgehead atoms. The highest BCUT2D eigenvalue weighted by Crippen LogP contribution is 2.29. The fourth-order valence-corrected chi connectivity index (χ4v) is 5.78. The zero-order valence-electron chi connectivity index (χ0n) is 19.3. The minimum Gasteiger partial charge on any atom is -0.495 e. The molecule has 0 aliphatic carbocycles. The molecule has 34 heavy (non-hydrogen) atoms. The van der Waals surface area contributed by atoms with Crippen molar-refractivity contribution in [3.8, 4) is 5.75 Å². The number of aromatic nitrogens is 1. The van der Waals surface area contributed by atoms with Crippen LogP contribution in [0.3, 0.4) is 0 Å². The van der Waals surface area contributed by atoms with E-state index in [1.54, 1.807) is 12.1 Å². The molecule has 1 fully saturated rings. The number of hydrogen-bond acceptors (Lipinski definition) is 4. The van der Waals surface area contributed by atoms with Crippen molar-refractivity contribution in [1.82, 2.24) is 8.87 Å². The molecule has 1 amide bonds. The standard InChI is InChI=1S/C26H29N3O4S/c1-33-23-15-14-22(19-24(23)34(31,32)29-17-8-2-3-9-18-29)26(30)27-25-13-7-10-16-28(25)20-21-11-5-4-6-12-21/h4-7,10-16,19H,2-3,8-9,17-18,20H2,1H3. The topological polar surface area (TPSA) is 81.0 Å². The first-order chi connectivity index (χ1) is 16.5. The van der Waals surface area contributed by atoms with Crippen molar-refractivity contribution in [3.05, 3.63) is 89.5 Å². The second-order valence-corrected chi connectivity index (χ2v) is 10.2. The summed E-state index contributed by atoms with van der Waals surface area (Å²) < 4.78 is 35.5. The molecular formula is C26H29N3O4S. The molecule has 1 saturated heterocycles. The Morgan fingerprint density at radius 3 is 2.35 bits per heavy atom. The fraction of sp³-hybridized carbons (Fsp3) is 0.308. The Bertz CT molecular complexity index is 1310. The molecule has 0 atom stereocenters. The Morgan fingerprint density at radius 2 is 1.65 bits per heavy atom. The first-order valence-electron chi connectivity index (χ1n) is 11.5. The maximum Gasteiger partial charge on any atom is 0.278 e. The molecule has 4 rings (SSSR count). The summed E-state index contributed by atoms with van der Waals surface area (Å²) in [5.74, 6) is -0.289. The van der Waals surface area contributed by atoms with Crippen LogP contribution in [0.1, 0.15) is 41.6 Å². The monoisotopic (exact) mass is 479 g/mol. The molecule has 1 aromatic heterocycles. The van der Waals surface area contributed by atoms with Gasteiger partial charge in [0.25, 0.3) is 5.91 Å². The molecule has 0 radical (unpaired) electrons. The number of methoxy groups -OCH3 is 1. The van der Waals surface area contributed by atoms with Crippen molar-refractivity contribution in [1.29, 1.82) is 0 Å². The van der Waals surface area contributed by atoms with Gasteiger partial charge >= 0.3 is 0 Å². The number of ether oxygens (including phenoxy) is 1. The summed E-state index contributed by atoms with van der Waals surface area (Å²) >= 11 is 0. The fourth-order valence-electron chi connectivity index (χ4n) is 4.08. The van der Waals surface area contributed by atoms with E-state index in [1.807, 2.05) is 53.2 Å². The second kappa shape index (κ2) is 10.8. The Labute approximate surface area is 200 Å². The second-order valence-electron chi connectivity index (χ2n) is 8.27. The van der Waals surface area contributed by atoms with Gasteiger partial charge in [0.2, 0.25) is 10.0 Å². The third kappa shape index (κ3) is 5.46. The van der Waals surface area contributed by atoms with E-state index >= 15 is 0 Å². The van der Waals surface area contributed by atoms with Crippen LogP contribution in [0.2, 0.25) is 0 Å². The van der Waals surface area contributed by atoms with Crippen molar-refractivity contribution in [2.45, 2.75) is 37.1 Å². The van der Waals surface area contributed by atoms with Crippen molar-refractivity contribution in [3.63, 3.8) is 0 Å². The first kappa shape index (κ1) is 23.9. The SMILES string of the molecule is COc1ccc(C(=O)N=c2ccccn2Cc2ccccc2)cc1S(=O)(=O)N1CCCCCC1. The minimum absolute atomic E-state index is 0.00294. The lowest BCUT2D eigenvalue weighted by Crippen LogP contribution is -2.32. The van der Waals surface area contributed by atoms with Crippen LogP contribution in [0, 0.1) is 0 Å². The third-order valence-electron chi connectivity index (χ3n) is 5.92. The molecule has 0 spiro atoms. The minimum atomic E-state index is -3.80. The molecule has 2 heterocycles. The molecule has 0 N–H and O–H groups in total. The molecule has 178 valence electrons. The normalized spacial score (nSPS) is 15.6. The van der Waals surface area contributed by atoms with Crippen molar-refractivity contribution < 1.29 is 17.9 Å². The molecule has 0 saturated carbocycles. The van der Waals surface area contributed by atoms with Crippen LogP contribution >= 0.6 is 0 Å². The molecule has 7 nitrogen and oxygen atoms in total. The van der Waals surface area contributed by atoms with Gasteiger partial charge in [0.15, 0.2) is 0 Å². The molecule has 3 aromatic rings. The van der Waals surface area contributed by atoms with Gasteiger partial charge in [-0.1, -0.05) is 49.2 Å². The Morgan fingerprint density at radius 1 is 0.941 bits per heavy atom. The number of benzene rings is 2. The first-order valence-corrected chi connectivity index (χ1v) is 12.9. The summed E-state index contributed by atoms with van der Waals surface area (Å²) in [5, 5.41) is 0. The smallest absolute Gasteiger partial charge is 0.278 e. The van der Waals surface area contributed by atoms with E-state index in [0.717, 1.165) is 31.2 Å². The van der Waals surface area contributed by atoms with Crippen LogP contribution in [-0.2, 0) is 16.6 Å². The van der Waals surface area contributed by atoms with Gasteiger partial charge < -0.3 is 9.30 Å². The van der Waals surface area contributed by atoms with Gasteiger partial charge in [0.1, 0.15) is 16.1 Å². The van der Waals surface area contributed by atoms with Gasteiger partial charge in [-0.15, -0.1) is 0 Å². The number of pyridine rings is 1. The van der Waals surface area contributed by atoms with E-state index in [0.29, 0.717) is 25.1 Å². The van der Waals surface area contributed by atoms with Gasteiger partial charge in [0, 0.05) is 31.4 Å². The van der Waals surface area contributed by atoms with Crippen LogP contribution in [0.25, 0.3) is 0 Å². The highest BCUT2D eigenvalue weighted by atomic mass is 32.2. The van der Waals surface area contributed by atoms with Crippen molar-refractivity contribution in [2.75, 3.05) is 20.2 Å². The Balaban J connectivity index is 1.68. The van der Waals surface area contributed by atoms with Gasteiger partial charge in [-0.3, -0.25) is 4.79 Å². The lowest BCUT2D eigenvalue weighted by molar-refractivity contribution is 0.0997. The molecule has 2 aromatic carbocycles. The summed E-state index contributed by atoms with van der Waals surface area (Å²) in [7, 11) is -2.37. The van der Waals surface area contributed by atoms with Gasteiger partial charge in [-0.2, -0.15) is 9.30 Å². The van der Waals surface area contributed by atoms with E-state index in [4.69, 9.17) is 4.74 Å². The number of amides is 1. The number of nitrogens with zero attached hydrogens (tertiary/aromatic N) is 3. The lowest BCUT2D eigenvalue weighted by atomic mass is 10.2. The van der Waals surface area contributed by atoms with Crippen LogP contribution < -0.4 is 10.2 Å². The van der Waals surface area contributed by atoms with Crippen molar-refractivity contribution >= 4 is 15.9 Å². The summed E-state index contributed by atoms with van der Waals surface area (Å²) in [6.07, 6.45) is 5.54. The predicted molar refractivity (Wildman–Crippen MR) is 130 cm³/mol. The molecule has 1 aliphatic heterocycles.